The first-order valence-electron chi connectivity index (χ1n) is 5.34. The van der Waals surface area contributed by atoms with Crippen molar-refractivity contribution >= 4 is 17.9 Å². The second kappa shape index (κ2) is 6.40. The van der Waals surface area contributed by atoms with Crippen LogP contribution < -0.4 is 29.3 Å². The Morgan fingerprint density at radius 1 is 1.47 bits per heavy atom. The smallest absolute Gasteiger partial charge is 0.548 e. The first kappa shape index (κ1) is 15.3. The second-order valence-electron chi connectivity index (χ2n) is 3.94. The number of carboxylic acid groups (broad SMARTS) is 1. The van der Waals surface area contributed by atoms with E-state index in [0.29, 0.717) is 12.1 Å². The molecule has 2 heterocycles. The van der Waals surface area contributed by atoms with Gasteiger partial charge in [0.2, 0.25) is 5.91 Å². The molecule has 0 atom stereocenters. The van der Waals surface area contributed by atoms with Crippen LogP contribution in [-0.4, -0.2) is 39.1 Å². The normalized spacial score (nSPS) is 14.8. The maximum absolute atomic E-state index is 11.5. The molecule has 2 rings (SSSR count). The Labute approximate surface area is 120 Å². The zero-order valence-electron chi connectivity index (χ0n) is 10.5. The molecule has 1 aliphatic heterocycles. The first-order valence-corrected chi connectivity index (χ1v) is 5.34. The van der Waals surface area contributed by atoms with Crippen molar-refractivity contribution in [3.63, 3.8) is 0 Å². The number of amides is 3. The van der Waals surface area contributed by atoms with Gasteiger partial charge in [0.1, 0.15) is 0 Å². The van der Waals surface area contributed by atoms with Gasteiger partial charge in [0, 0.05) is 24.7 Å². The van der Waals surface area contributed by atoms with Crippen molar-refractivity contribution in [2.45, 2.75) is 19.5 Å². The predicted molar refractivity (Wildman–Crippen MR) is 55.8 cm³/mol. The summed E-state index contributed by atoms with van der Waals surface area (Å²) in [6.45, 7) is 0.299. The standard InChI is InChI=1S/C10H12N4O4.Li/c15-8-1-2-13(10(18)12-8)4-7-3-11-14(5-7)6-9(16)17;/h3,5H,1-2,4,6H2,(H,16,17)(H,12,15,18);/q;+1/p-1. The summed E-state index contributed by atoms with van der Waals surface area (Å²) in [6.07, 6.45) is 3.27. The fraction of sp³-hybridized carbons (Fsp3) is 0.400. The molecule has 9 heteroatoms. The van der Waals surface area contributed by atoms with E-state index in [1.165, 1.54) is 22.0 Å². The van der Waals surface area contributed by atoms with Gasteiger partial charge < -0.3 is 14.8 Å². The molecule has 0 bridgehead atoms. The Balaban J connectivity index is 0.00000180. The van der Waals surface area contributed by atoms with Gasteiger partial charge in [-0.15, -0.1) is 0 Å². The number of rotatable bonds is 4. The molecule has 0 radical (unpaired) electrons. The minimum Gasteiger partial charge on any atom is -0.548 e. The molecule has 0 spiro atoms. The molecular formula is C10H11LiN4O4. The van der Waals surface area contributed by atoms with Gasteiger partial charge >= 0.3 is 24.9 Å². The number of hydrogen-bond donors (Lipinski definition) is 1. The fourth-order valence-electron chi connectivity index (χ4n) is 1.68. The molecule has 0 saturated carbocycles. The third kappa shape index (κ3) is 4.12. The van der Waals surface area contributed by atoms with E-state index in [1.54, 1.807) is 0 Å². The van der Waals surface area contributed by atoms with Crippen molar-refractivity contribution in [1.29, 1.82) is 0 Å². The molecule has 0 aromatic carbocycles. The predicted octanol–water partition coefficient (Wildman–Crippen LogP) is -4.92. The number of urea groups is 1. The molecule has 1 fully saturated rings. The number of carbonyl (C=O) groups is 3. The Morgan fingerprint density at radius 2 is 2.21 bits per heavy atom. The monoisotopic (exact) mass is 258 g/mol. The SMILES string of the molecule is O=C([O-])Cn1cc(CN2CCC(=O)NC2=O)cn1.[Li+]. The maximum Gasteiger partial charge on any atom is 1.00 e. The van der Waals surface area contributed by atoms with E-state index in [-0.39, 0.29) is 44.3 Å². The van der Waals surface area contributed by atoms with Gasteiger partial charge in [0.05, 0.1) is 25.3 Å². The molecule has 3 amide bonds. The van der Waals surface area contributed by atoms with E-state index >= 15 is 0 Å². The van der Waals surface area contributed by atoms with Crippen LogP contribution >= 0.6 is 0 Å². The van der Waals surface area contributed by atoms with Crippen LogP contribution in [0.3, 0.4) is 0 Å². The van der Waals surface area contributed by atoms with Crippen molar-refractivity contribution in [1.82, 2.24) is 20.0 Å². The van der Waals surface area contributed by atoms with E-state index in [9.17, 15) is 19.5 Å². The Morgan fingerprint density at radius 3 is 2.84 bits per heavy atom. The zero-order chi connectivity index (χ0) is 13.1. The molecule has 0 unspecified atom stereocenters. The topological polar surface area (TPSA) is 107 Å². The number of nitrogens with one attached hydrogen (secondary N) is 1. The zero-order valence-corrected chi connectivity index (χ0v) is 10.5. The number of carboxylic acids is 1. The van der Waals surface area contributed by atoms with Gasteiger partial charge in [0.15, 0.2) is 0 Å². The molecule has 1 aromatic heterocycles. The number of aromatic nitrogens is 2. The molecule has 19 heavy (non-hydrogen) atoms. The number of aliphatic carboxylic acids is 1. The third-order valence-corrected chi connectivity index (χ3v) is 2.49. The van der Waals surface area contributed by atoms with Gasteiger partial charge in [-0.25, -0.2) is 4.79 Å². The van der Waals surface area contributed by atoms with E-state index in [4.69, 9.17) is 0 Å². The van der Waals surface area contributed by atoms with Crippen molar-refractivity contribution in [2.75, 3.05) is 6.54 Å². The van der Waals surface area contributed by atoms with Gasteiger partial charge in [-0.1, -0.05) is 0 Å². The summed E-state index contributed by atoms with van der Waals surface area (Å²) in [7, 11) is 0. The van der Waals surface area contributed by atoms with Crippen molar-refractivity contribution in [2.24, 2.45) is 0 Å². The fourth-order valence-corrected chi connectivity index (χ4v) is 1.68. The largest absolute Gasteiger partial charge is 1.00 e. The molecule has 1 aromatic rings. The molecule has 1 N–H and O–H groups in total. The van der Waals surface area contributed by atoms with E-state index in [2.05, 4.69) is 10.4 Å². The van der Waals surface area contributed by atoms with Gasteiger partial charge in [-0.05, 0) is 0 Å². The molecule has 1 aliphatic rings. The van der Waals surface area contributed by atoms with Crippen LogP contribution in [0.1, 0.15) is 12.0 Å². The summed E-state index contributed by atoms with van der Waals surface area (Å²) < 4.78 is 1.22. The number of hydrogen-bond acceptors (Lipinski definition) is 5. The quantitative estimate of drug-likeness (QED) is 0.544. The van der Waals surface area contributed by atoms with Crippen molar-refractivity contribution in [3.8, 4) is 0 Å². The van der Waals surface area contributed by atoms with E-state index in [1.807, 2.05) is 0 Å². The molecule has 1 saturated heterocycles. The maximum atomic E-state index is 11.5. The van der Waals surface area contributed by atoms with Crippen molar-refractivity contribution in [3.05, 3.63) is 18.0 Å². The van der Waals surface area contributed by atoms with Crippen LogP contribution in [0.5, 0.6) is 0 Å². The van der Waals surface area contributed by atoms with Crippen molar-refractivity contribution < 1.29 is 38.4 Å². The summed E-state index contributed by atoms with van der Waals surface area (Å²) >= 11 is 0. The molecule has 0 aliphatic carbocycles. The van der Waals surface area contributed by atoms with Crippen LogP contribution in [0, 0.1) is 0 Å². The Bertz CT molecular complexity index is 501. The average Bonchev–Trinajstić information content (AvgIpc) is 2.69. The summed E-state index contributed by atoms with van der Waals surface area (Å²) in [4.78, 5) is 34.2. The van der Waals surface area contributed by atoms with Gasteiger partial charge in [-0.2, -0.15) is 5.10 Å². The minimum atomic E-state index is -1.23. The Kier molecular flexibility index (Phi) is 5.15. The van der Waals surface area contributed by atoms with Crippen LogP contribution in [-0.2, 0) is 22.7 Å². The molecule has 96 valence electrons. The van der Waals surface area contributed by atoms with Gasteiger partial charge in [-0.3, -0.25) is 14.8 Å². The van der Waals surface area contributed by atoms with Crippen LogP contribution in [0.15, 0.2) is 12.4 Å². The number of imide groups is 1. The minimum absolute atomic E-state index is 0. The van der Waals surface area contributed by atoms with Gasteiger partial charge in [0.25, 0.3) is 0 Å². The average molecular weight is 258 g/mol. The van der Waals surface area contributed by atoms with Crippen LogP contribution in [0.25, 0.3) is 0 Å². The molecular weight excluding hydrogens is 247 g/mol. The summed E-state index contributed by atoms with van der Waals surface area (Å²) in [5.41, 5.74) is 0.695. The van der Waals surface area contributed by atoms with Crippen LogP contribution in [0.2, 0.25) is 0 Å². The van der Waals surface area contributed by atoms with Crippen LogP contribution in [0.4, 0.5) is 4.79 Å². The molecule has 8 nitrogen and oxygen atoms in total. The third-order valence-electron chi connectivity index (χ3n) is 2.49. The summed E-state index contributed by atoms with van der Waals surface area (Å²) in [6, 6.07) is -0.445. The second-order valence-corrected chi connectivity index (χ2v) is 3.94. The summed E-state index contributed by atoms with van der Waals surface area (Å²) in [5, 5.41) is 16.4. The number of nitrogens with zero attached hydrogens (tertiary/aromatic N) is 3. The summed E-state index contributed by atoms with van der Waals surface area (Å²) in [5.74, 6) is -1.52. The Hall–Kier alpha value is -1.78. The van der Waals surface area contributed by atoms with E-state index in [0.717, 1.165) is 0 Å². The number of carbonyl (C=O) groups excluding carboxylic acids is 3. The first-order chi connectivity index (χ1) is 8.54. The van der Waals surface area contributed by atoms with E-state index < -0.39 is 12.0 Å².